The number of aromatic nitrogens is 1. The summed E-state index contributed by atoms with van der Waals surface area (Å²) in [6.07, 6.45) is 6.74. The lowest BCUT2D eigenvalue weighted by atomic mass is 10.0. The molecule has 1 aromatic rings. The molecule has 3 saturated heterocycles. The maximum absolute atomic E-state index is 13.0. The predicted molar refractivity (Wildman–Crippen MR) is 102 cm³/mol. The predicted octanol–water partition coefficient (Wildman–Crippen LogP) is 1.57. The van der Waals surface area contributed by atoms with Gasteiger partial charge in [-0.3, -0.25) is 4.79 Å². The Bertz CT molecular complexity index is 811. The molecular formula is C19H29N3O5S. The molecule has 0 unspecified atom stereocenters. The number of carbonyl (C=O) groups is 1. The molecule has 1 spiro atoms. The highest BCUT2D eigenvalue weighted by molar-refractivity contribution is 7.89. The molecule has 28 heavy (non-hydrogen) atoms. The molecule has 0 saturated carbocycles. The van der Waals surface area contributed by atoms with Crippen molar-refractivity contribution in [3.63, 3.8) is 0 Å². The molecule has 0 aliphatic carbocycles. The minimum absolute atomic E-state index is 0.146. The molecule has 8 nitrogen and oxygen atoms in total. The number of sulfonamides is 1. The second-order valence-corrected chi connectivity index (χ2v) is 9.83. The Morgan fingerprint density at radius 2 is 1.61 bits per heavy atom. The standard InChI is InChI=1S/C19H29N3O5S/c1-20-15-16(28(24,25)22-8-4-2-3-5-9-22)14-17(20)18(23)21-10-6-19(7-11-21)26-12-13-27-19/h14-15H,2-13H2,1H3. The highest BCUT2D eigenvalue weighted by atomic mass is 32.2. The zero-order valence-corrected chi connectivity index (χ0v) is 17.2. The van der Waals surface area contributed by atoms with E-state index < -0.39 is 15.8 Å². The van der Waals surface area contributed by atoms with Crippen LogP contribution in [0.1, 0.15) is 49.0 Å². The van der Waals surface area contributed by atoms with Gasteiger partial charge in [0.2, 0.25) is 10.0 Å². The van der Waals surface area contributed by atoms with Gasteiger partial charge in [0.05, 0.1) is 13.2 Å². The number of hydrogen-bond donors (Lipinski definition) is 0. The molecule has 1 amide bonds. The lowest BCUT2D eigenvalue weighted by Crippen LogP contribution is -2.47. The van der Waals surface area contributed by atoms with Gasteiger partial charge in [-0.25, -0.2) is 8.42 Å². The molecule has 3 fully saturated rings. The highest BCUT2D eigenvalue weighted by Gasteiger charge is 2.41. The normalized spacial score (nSPS) is 23.8. The average Bonchev–Trinajstić information content (AvgIpc) is 3.19. The van der Waals surface area contributed by atoms with Crippen LogP contribution < -0.4 is 0 Å². The largest absolute Gasteiger partial charge is 0.347 e. The van der Waals surface area contributed by atoms with Gasteiger partial charge in [-0.2, -0.15) is 4.31 Å². The summed E-state index contributed by atoms with van der Waals surface area (Å²) in [5.41, 5.74) is 0.401. The third-order valence-corrected chi connectivity index (χ3v) is 7.89. The van der Waals surface area contributed by atoms with Gasteiger partial charge in [0.1, 0.15) is 10.6 Å². The number of rotatable bonds is 3. The molecule has 4 rings (SSSR count). The molecule has 0 radical (unpaired) electrons. The minimum Gasteiger partial charge on any atom is -0.347 e. The molecule has 0 bridgehead atoms. The molecule has 156 valence electrons. The van der Waals surface area contributed by atoms with E-state index in [-0.39, 0.29) is 10.8 Å². The lowest BCUT2D eigenvalue weighted by molar-refractivity contribution is -0.181. The summed E-state index contributed by atoms with van der Waals surface area (Å²) in [6.45, 7) is 3.38. The van der Waals surface area contributed by atoms with Crippen LogP contribution in [0.2, 0.25) is 0 Å². The van der Waals surface area contributed by atoms with Crippen LogP contribution in [-0.4, -0.2) is 73.3 Å². The number of carbonyl (C=O) groups excluding carboxylic acids is 1. The van der Waals surface area contributed by atoms with Crippen LogP contribution in [0.3, 0.4) is 0 Å². The van der Waals surface area contributed by atoms with E-state index in [1.54, 1.807) is 27.0 Å². The fourth-order valence-corrected chi connectivity index (χ4v) is 5.91. The van der Waals surface area contributed by atoms with E-state index in [0.717, 1.165) is 25.7 Å². The summed E-state index contributed by atoms with van der Waals surface area (Å²) in [6, 6.07) is 1.52. The Hall–Kier alpha value is -1.42. The molecule has 3 aliphatic rings. The second-order valence-electron chi connectivity index (χ2n) is 7.89. The molecule has 9 heteroatoms. The van der Waals surface area contributed by atoms with Crippen LogP contribution in [-0.2, 0) is 26.5 Å². The number of ether oxygens (including phenoxy) is 2. The Labute approximate surface area is 166 Å². The van der Waals surface area contributed by atoms with Crippen LogP contribution in [0, 0.1) is 0 Å². The summed E-state index contributed by atoms with van der Waals surface area (Å²) in [7, 11) is -1.84. The Morgan fingerprint density at radius 1 is 1.00 bits per heavy atom. The van der Waals surface area contributed by atoms with Gasteiger partial charge in [0.15, 0.2) is 5.79 Å². The monoisotopic (exact) mass is 411 g/mol. The van der Waals surface area contributed by atoms with E-state index in [2.05, 4.69) is 0 Å². The van der Waals surface area contributed by atoms with Gasteiger partial charge < -0.3 is 18.9 Å². The molecule has 0 N–H and O–H groups in total. The number of likely N-dealkylation sites (tertiary alicyclic amines) is 1. The molecule has 0 aromatic carbocycles. The molecule has 3 aliphatic heterocycles. The Balaban J connectivity index is 1.48. The first-order chi connectivity index (χ1) is 13.4. The van der Waals surface area contributed by atoms with Gasteiger partial charge in [-0.15, -0.1) is 0 Å². The van der Waals surface area contributed by atoms with Crippen LogP contribution in [0.5, 0.6) is 0 Å². The van der Waals surface area contributed by atoms with E-state index in [9.17, 15) is 13.2 Å². The summed E-state index contributed by atoms with van der Waals surface area (Å²) >= 11 is 0. The van der Waals surface area contributed by atoms with E-state index >= 15 is 0 Å². The number of hydrogen-bond acceptors (Lipinski definition) is 5. The van der Waals surface area contributed by atoms with Gasteiger partial charge >= 0.3 is 0 Å². The second kappa shape index (κ2) is 7.78. The van der Waals surface area contributed by atoms with Crippen LogP contribution in [0.4, 0.5) is 0 Å². The summed E-state index contributed by atoms with van der Waals surface area (Å²) in [4.78, 5) is 15.0. The Morgan fingerprint density at radius 3 is 2.21 bits per heavy atom. The third kappa shape index (κ3) is 3.72. The smallest absolute Gasteiger partial charge is 0.270 e. The van der Waals surface area contributed by atoms with Crippen molar-refractivity contribution in [2.75, 3.05) is 39.4 Å². The van der Waals surface area contributed by atoms with E-state index in [4.69, 9.17) is 9.47 Å². The van der Waals surface area contributed by atoms with Crippen molar-refractivity contribution in [2.24, 2.45) is 7.05 Å². The van der Waals surface area contributed by atoms with E-state index in [1.807, 2.05) is 0 Å². The maximum atomic E-state index is 13.0. The van der Waals surface area contributed by atoms with Crippen molar-refractivity contribution in [3.8, 4) is 0 Å². The molecule has 4 heterocycles. The highest BCUT2D eigenvalue weighted by Crippen LogP contribution is 2.32. The van der Waals surface area contributed by atoms with Gasteiger partial charge in [0, 0.05) is 52.3 Å². The quantitative estimate of drug-likeness (QED) is 0.754. The molecule has 0 atom stereocenters. The van der Waals surface area contributed by atoms with Crippen LogP contribution in [0.15, 0.2) is 17.2 Å². The number of amides is 1. The first-order valence-corrected chi connectivity index (χ1v) is 11.6. The fraction of sp³-hybridized carbons (Fsp3) is 0.737. The SMILES string of the molecule is Cn1cc(S(=O)(=O)N2CCCCCC2)cc1C(=O)N1CCC2(CC1)OCCO2. The number of nitrogens with zero attached hydrogens (tertiary/aromatic N) is 3. The van der Waals surface area contributed by atoms with Crippen molar-refractivity contribution in [2.45, 2.75) is 49.2 Å². The van der Waals surface area contributed by atoms with Gasteiger partial charge in [-0.05, 0) is 18.9 Å². The first-order valence-electron chi connectivity index (χ1n) is 10.2. The molecular weight excluding hydrogens is 382 g/mol. The summed E-state index contributed by atoms with van der Waals surface area (Å²) < 4.78 is 40.7. The van der Waals surface area contributed by atoms with Gasteiger partial charge in [0.25, 0.3) is 5.91 Å². The van der Waals surface area contributed by atoms with E-state index in [1.165, 1.54) is 6.07 Å². The number of aryl methyl sites for hydroxylation is 1. The van der Waals surface area contributed by atoms with Crippen molar-refractivity contribution < 1.29 is 22.7 Å². The molecule has 1 aromatic heterocycles. The number of piperidine rings is 1. The van der Waals surface area contributed by atoms with Gasteiger partial charge in [-0.1, -0.05) is 12.8 Å². The van der Waals surface area contributed by atoms with Crippen LogP contribution >= 0.6 is 0 Å². The zero-order chi connectivity index (χ0) is 19.8. The van der Waals surface area contributed by atoms with Crippen LogP contribution in [0.25, 0.3) is 0 Å². The average molecular weight is 412 g/mol. The van der Waals surface area contributed by atoms with E-state index in [0.29, 0.717) is 57.9 Å². The maximum Gasteiger partial charge on any atom is 0.270 e. The van der Waals surface area contributed by atoms with Crippen molar-refractivity contribution in [1.82, 2.24) is 13.8 Å². The summed E-state index contributed by atoms with van der Waals surface area (Å²) in [5.74, 6) is -0.681. The van der Waals surface area contributed by atoms with Crippen molar-refractivity contribution in [1.29, 1.82) is 0 Å². The summed E-state index contributed by atoms with van der Waals surface area (Å²) in [5, 5.41) is 0. The van der Waals surface area contributed by atoms with Crippen molar-refractivity contribution >= 4 is 15.9 Å². The Kier molecular flexibility index (Phi) is 5.52. The fourth-order valence-electron chi connectivity index (χ4n) is 4.32. The first kappa shape index (κ1) is 19.9. The minimum atomic E-state index is -3.57. The lowest BCUT2D eigenvalue weighted by Gasteiger charge is -2.37. The van der Waals surface area contributed by atoms with Crippen molar-refractivity contribution in [3.05, 3.63) is 18.0 Å². The third-order valence-electron chi connectivity index (χ3n) is 6.03. The topological polar surface area (TPSA) is 81.1 Å². The zero-order valence-electron chi connectivity index (χ0n) is 16.4.